The summed E-state index contributed by atoms with van der Waals surface area (Å²) in [7, 11) is 0. The van der Waals surface area contributed by atoms with E-state index in [2.05, 4.69) is 16.8 Å². The SMILES string of the molecule is CCCN=C(N)N1CCC(CC(N)=O)CC1. The second-order valence-corrected chi connectivity index (χ2v) is 4.34. The average molecular weight is 226 g/mol. The first-order valence-corrected chi connectivity index (χ1v) is 5.96. The van der Waals surface area contributed by atoms with E-state index in [1.54, 1.807) is 0 Å². The highest BCUT2D eigenvalue weighted by atomic mass is 16.1. The molecule has 1 fully saturated rings. The Hall–Kier alpha value is -1.26. The van der Waals surface area contributed by atoms with Gasteiger partial charge in [-0.2, -0.15) is 0 Å². The Bertz CT molecular complexity index is 257. The number of hydrogen-bond donors (Lipinski definition) is 2. The molecule has 0 bridgehead atoms. The van der Waals surface area contributed by atoms with Crippen LogP contribution in [0.5, 0.6) is 0 Å². The molecule has 0 aromatic carbocycles. The summed E-state index contributed by atoms with van der Waals surface area (Å²) in [6.07, 6.45) is 3.47. The highest BCUT2D eigenvalue weighted by Crippen LogP contribution is 2.19. The maximum Gasteiger partial charge on any atom is 0.217 e. The van der Waals surface area contributed by atoms with Crippen LogP contribution in [0, 0.1) is 5.92 Å². The first-order chi connectivity index (χ1) is 7.63. The first-order valence-electron chi connectivity index (χ1n) is 5.96. The molecule has 0 spiro atoms. The van der Waals surface area contributed by atoms with E-state index in [9.17, 15) is 4.79 Å². The zero-order chi connectivity index (χ0) is 12.0. The third kappa shape index (κ3) is 4.08. The van der Waals surface area contributed by atoms with Gasteiger partial charge in [-0.15, -0.1) is 0 Å². The van der Waals surface area contributed by atoms with Crippen LogP contribution in [0.15, 0.2) is 4.99 Å². The van der Waals surface area contributed by atoms with Gasteiger partial charge in [-0.25, -0.2) is 0 Å². The second kappa shape index (κ2) is 6.35. The number of carbonyl (C=O) groups is 1. The molecule has 16 heavy (non-hydrogen) atoms. The summed E-state index contributed by atoms with van der Waals surface area (Å²) in [6, 6.07) is 0. The number of aliphatic imine (C=N–C) groups is 1. The lowest BCUT2D eigenvalue weighted by atomic mass is 9.93. The third-order valence-corrected chi connectivity index (χ3v) is 2.93. The number of primary amides is 1. The summed E-state index contributed by atoms with van der Waals surface area (Å²) in [6.45, 7) is 4.64. The van der Waals surface area contributed by atoms with Gasteiger partial charge in [0, 0.05) is 26.1 Å². The van der Waals surface area contributed by atoms with Crippen molar-refractivity contribution in [2.24, 2.45) is 22.4 Å². The summed E-state index contributed by atoms with van der Waals surface area (Å²) in [5, 5.41) is 0. The number of likely N-dealkylation sites (tertiary alicyclic amines) is 1. The van der Waals surface area contributed by atoms with E-state index >= 15 is 0 Å². The molecule has 1 heterocycles. The molecule has 5 nitrogen and oxygen atoms in total. The standard InChI is InChI=1S/C11H22N4O/c1-2-5-14-11(13)15-6-3-9(4-7-15)8-10(12)16/h9H,2-8H2,1H3,(H2,12,16)(H2,13,14). The minimum Gasteiger partial charge on any atom is -0.370 e. The lowest BCUT2D eigenvalue weighted by Gasteiger charge is -2.32. The molecule has 1 saturated heterocycles. The van der Waals surface area contributed by atoms with Crippen molar-refractivity contribution in [2.45, 2.75) is 32.6 Å². The average Bonchev–Trinajstić information content (AvgIpc) is 2.26. The van der Waals surface area contributed by atoms with Gasteiger partial charge in [0.15, 0.2) is 5.96 Å². The lowest BCUT2D eigenvalue weighted by molar-refractivity contribution is -0.119. The third-order valence-electron chi connectivity index (χ3n) is 2.93. The van der Waals surface area contributed by atoms with Gasteiger partial charge in [-0.05, 0) is 25.2 Å². The Labute approximate surface area is 96.9 Å². The fraction of sp³-hybridized carbons (Fsp3) is 0.818. The Morgan fingerprint density at radius 2 is 2.00 bits per heavy atom. The Balaban J connectivity index is 2.33. The van der Waals surface area contributed by atoms with E-state index in [1.165, 1.54) is 0 Å². The molecular weight excluding hydrogens is 204 g/mol. The van der Waals surface area contributed by atoms with E-state index in [4.69, 9.17) is 11.5 Å². The van der Waals surface area contributed by atoms with Crippen LogP contribution in [-0.4, -0.2) is 36.4 Å². The van der Waals surface area contributed by atoms with E-state index in [-0.39, 0.29) is 5.91 Å². The van der Waals surface area contributed by atoms with E-state index in [0.29, 0.717) is 18.3 Å². The van der Waals surface area contributed by atoms with Crippen LogP contribution in [0.25, 0.3) is 0 Å². The van der Waals surface area contributed by atoms with Gasteiger partial charge in [0.05, 0.1) is 0 Å². The minimum atomic E-state index is -0.203. The highest BCUT2D eigenvalue weighted by Gasteiger charge is 2.21. The minimum absolute atomic E-state index is 0.203. The molecule has 4 N–H and O–H groups in total. The monoisotopic (exact) mass is 226 g/mol. The van der Waals surface area contributed by atoms with Crippen LogP contribution in [0.2, 0.25) is 0 Å². The summed E-state index contributed by atoms with van der Waals surface area (Å²) in [4.78, 5) is 17.2. The lowest BCUT2D eigenvalue weighted by Crippen LogP contribution is -2.43. The number of piperidine rings is 1. The van der Waals surface area contributed by atoms with Crippen LogP contribution in [0.3, 0.4) is 0 Å². The normalized spacial score (nSPS) is 18.8. The molecule has 0 saturated carbocycles. The van der Waals surface area contributed by atoms with Gasteiger partial charge in [0.1, 0.15) is 0 Å². The Kier molecular flexibility index (Phi) is 5.08. The number of rotatable bonds is 4. The molecular formula is C11H22N4O. The quantitative estimate of drug-likeness (QED) is 0.534. The van der Waals surface area contributed by atoms with Crippen LogP contribution < -0.4 is 11.5 Å². The van der Waals surface area contributed by atoms with Crippen molar-refractivity contribution < 1.29 is 4.79 Å². The molecule has 1 aliphatic heterocycles. The maximum atomic E-state index is 10.8. The first kappa shape index (κ1) is 12.8. The van der Waals surface area contributed by atoms with Gasteiger partial charge < -0.3 is 16.4 Å². The number of carbonyl (C=O) groups excluding carboxylic acids is 1. The van der Waals surface area contributed by atoms with Crippen LogP contribution in [0.4, 0.5) is 0 Å². The van der Waals surface area contributed by atoms with Crippen molar-refractivity contribution in [3.05, 3.63) is 0 Å². The predicted octanol–water partition coefficient (Wildman–Crippen LogP) is 0.299. The number of nitrogens with two attached hydrogens (primary N) is 2. The van der Waals surface area contributed by atoms with Crippen LogP contribution in [0.1, 0.15) is 32.6 Å². The molecule has 0 radical (unpaired) electrons. The fourth-order valence-electron chi connectivity index (χ4n) is 1.98. The Morgan fingerprint density at radius 3 is 2.50 bits per heavy atom. The van der Waals surface area contributed by atoms with E-state index in [0.717, 1.165) is 38.9 Å². The van der Waals surface area contributed by atoms with Crippen molar-refractivity contribution in [1.29, 1.82) is 0 Å². The van der Waals surface area contributed by atoms with Crippen LogP contribution in [-0.2, 0) is 4.79 Å². The summed E-state index contributed by atoms with van der Waals surface area (Å²) >= 11 is 0. The number of amides is 1. The fourth-order valence-corrected chi connectivity index (χ4v) is 1.98. The molecule has 5 heteroatoms. The van der Waals surface area contributed by atoms with Crippen molar-refractivity contribution in [2.75, 3.05) is 19.6 Å². The van der Waals surface area contributed by atoms with Crippen molar-refractivity contribution >= 4 is 11.9 Å². The molecule has 92 valence electrons. The van der Waals surface area contributed by atoms with Crippen LogP contribution >= 0.6 is 0 Å². The van der Waals surface area contributed by atoms with Crippen molar-refractivity contribution in [3.8, 4) is 0 Å². The molecule has 0 aromatic rings. The van der Waals surface area contributed by atoms with E-state index < -0.39 is 0 Å². The van der Waals surface area contributed by atoms with Gasteiger partial charge in [-0.3, -0.25) is 9.79 Å². The van der Waals surface area contributed by atoms with Gasteiger partial charge >= 0.3 is 0 Å². The number of nitrogens with zero attached hydrogens (tertiary/aromatic N) is 2. The topological polar surface area (TPSA) is 84.7 Å². The summed E-state index contributed by atoms with van der Waals surface area (Å²) in [5.41, 5.74) is 11.0. The predicted molar refractivity (Wildman–Crippen MR) is 64.9 cm³/mol. The van der Waals surface area contributed by atoms with Crippen molar-refractivity contribution in [1.82, 2.24) is 4.90 Å². The molecule has 0 atom stereocenters. The number of guanidine groups is 1. The Morgan fingerprint density at radius 1 is 1.38 bits per heavy atom. The highest BCUT2D eigenvalue weighted by molar-refractivity contribution is 5.78. The largest absolute Gasteiger partial charge is 0.370 e. The molecule has 0 aromatic heterocycles. The van der Waals surface area contributed by atoms with Gasteiger partial charge in [-0.1, -0.05) is 6.92 Å². The molecule has 1 rings (SSSR count). The summed E-state index contributed by atoms with van der Waals surface area (Å²) < 4.78 is 0. The number of hydrogen-bond acceptors (Lipinski definition) is 2. The summed E-state index contributed by atoms with van der Waals surface area (Å²) in [5.74, 6) is 0.859. The molecule has 0 aliphatic carbocycles. The van der Waals surface area contributed by atoms with E-state index in [1.807, 2.05) is 0 Å². The molecule has 1 amide bonds. The van der Waals surface area contributed by atoms with Gasteiger partial charge in [0.2, 0.25) is 5.91 Å². The smallest absolute Gasteiger partial charge is 0.217 e. The molecule has 1 aliphatic rings. The second-order valence-electron chi connectivity index (χ2n) is 4.34. The zero-order valence-corrected chi connectivity index (χ0v) is 9.98. The zero-order valence-electron chi connectivity index (χ0n) is 9.98. The van der Waals surface area contributed by atoms with Crippen molar-refractivity contribution in [3.63, 3.8) is 0 Å². The maximum absolute atomic E-state index is 10.8. The van der Waals surface area contributed by atoms with Gasteiger partial charge in [0.25, 0.3) is 0 Å². The molecule has 0 unspecified atom stereocenters.